The number of pyridine rings is 1. The monoisotopic (exact) mass is 644 g/mol. The van der Waals surface area contributed by atoms with Crippen molar-refractivity contribution >= 4 is 81.8 Å². The van der Waals surface area contributed by atoms with Crippen LogP contribution in [0.3, 0.4) is 0 Å². The Balaban J connectivity index is 1.25. The van der Waals surface area contributed by atoms with Gasteiger partial charge in [-0.3, -0.25) is 0 Å². The van der Waals surface area contributed by atoms with E-state index in [1.165, 1.54) is 73.4 Å². The fourth-order valence-electron chi connectivity index (χ4n) is 7.04. The molecule has 2 nitrogen and oxygen atoms in total. The molecule has 9 rings (SSSR count). The first-order valence-corrected chi connectivity index (χ1v) is 17.6. The zero-order valence-electron chi connectivity index (χ0n) is 21.9. The predicted octanol–water partition coefficient (Wildman–Crippen LogP) is 2.02. The summed E-state index contributed by atoms with van der Waals surface area (Å²) in [6.45, 7) is 0.304. The van der Waals surface area contributed by atoms with Crippen molar-refractivity contribution in [1.29, 1.82) is 0 Å². The van der Waals surface area contributed by atoms with Crippen LogP contribution in [0.15, 0.2) is 103 Å². The average molecular weight is 642 g/mol. The molecule has 5 heteroatoms. The van der Waals surface area contributed by atoms with Crippen LogP contribution in [0.25, 0.3) is 27.8 Å². The SMILES string of the molecule is c1ccc(-c2ccc3c(c2)[Se]c2cccc4c2B3c2cc(-n3c5c(c6ccccc63)CCCC5)ccc2[Se]4)nc1. The third-order valence-electron chi connectivity index (χ3n) is 8.78. The summed E-state index contributed by atoms with van der Waals surface area (Å²) in [5, 5.41) is 1.44. The van der Waals surface area contributed by atoms with E-state index in [0.29, 0.717) is 36.6 Å². The van der Waals surface area contributed by atoms with E-state index >= 15 is 0 Å². The van der Waals surface area contributed by atoms with Crippen molar-refractivity contribution < 1.29 is 0 Å². The molecule has 0 fully saturated rings. The molecule has 3 aliphatic rings. The molecule has 4 heterocycles. The zero-order chi connectivity index (χ0) is 26.2. The third kappa shape index (κ3) is 3.46. The Morgan fingerprint density at radius 3 is 2.42 bits per heavy atom. The number of nitrogens with zero attached hydrogens (tertiary/aromatic N) is 2. The van der Waals surface area contributed by atoms with Crippen LogP contribution in [0.1, 0.15) is 24.1 Å². The van der Waals surface area contributed by atoms with E-state index in [1.807, 2.05) is 12.3 Å². The molecule has 6 aromatic rings. The van der Waals surface area contributed by atoms with Gasteiger partial charge in [-0.25, -0.2) is 0 Å². The molecule has 0 amide bonds. The van der Waals surface area contributed by atoms with Crippen LogP contribution in [-0.4, -0.2) is 46.2 Å². The predicted molar refractivity (Wildman–Crippen MR) is 171 cm³/mol. The van der Waals surface area contributed by atoms with Gasteiger partial charge < -0.3 is 0 Å². The molecule has 0 saturated heterocycles. The first-order chi connectivity index (χ1) is 19.8. The summed E-state index contributed by atoms with van der Waals surface area (Å²) < 4.78 is 8.75. The Labute approximate surface area is 247 Å². The Bertz CT molecular complexity index is 1980. The van der Waals surface area contributed by atoms with Crippen LogP contribution in [0, 0.1) is 0 Å². The molecule has 0 atom stereocenters. The molecule has 1 aliphatic carbocycles. The topological polar surface area (TPSA) is 17.8 Å². The molecular formula is C35H25BN2Se2. The van der Waals surface area contributed by atoms with Gasteiger partial charge in [0.05, 0.1) is 0 Å². The molecule has 0 saturated carbocycles. The molecule has 2 aromatic heterocycles. The van der Waals surface area contributed by atoms with Crippen molar-refractivity contribution in [2.75, 3.05) is 0 Å². The molecule has 40 heavy (non-hydrogen) atoms. The first kappa shape index (κ1) is 23.4. The van der Waals surface area contributed by atoms with Crippen molar-refractivity contribution in [2.24, 2.45) is 0 Å². The number of aryl methyl sites for hydroxylation is 1. The first-order valence-electron chi connectivity index (χ1n) is 14.1. The molecular weight excluding hydrogens is 617 g/mol. The number of hydrogen-bond acceptors (Lipinski definition) is 1. The Morgan fingerprint density at radius 1 is 0.675 bits per heavy atom. The molecule has 0 spiro atoms. The number of benzene rings is 4. The van der Waals surface area contributed by atoms with E-state index in [9.17, 15) is 0 Å². The summed E-state index contributed by atoms with van der Waals surface area (Å²) in [7, 11) is 0. The van der Waals surface area contributed by atoms with Gasteiger partial charge in [0.2, 0.25) is 0 Å². The van der Waals surface area contributed by atoms with Gasteiger partial charge in [-0.1, -0.05) is 0 Å². The maximum absolute atomic E-state index is 4.65. The Kier molecular flexibility index (Phi) is 5.32. The molecule has 0 N–H and O–H groups in total. The van der Waals surface area contributed by atoms with Gasteiger partial charge in [0.25, 0.3) is 0 Å². The van der Waals surface area contributed by atoms with E-state index < -0.39 is 0 Å². The number of fused-ring (bicyclic) bond motifs is 7. The van der Waals surface area contributed by atoms with Crippen molar-refractivity contribution in [3.8, 4) is 16.9 Å². The standard InChI is InChI=1S/C35H25BN2Se2/c1-3-11-29-24(8-1)25-9-2-4-12-30(25)38(29)23-16-18-31-27(21-23)36-26-17-15-22(28-10-5-6-19-37-28)20-34(26)40-33-14-7-13-32(39-31)35(33)36/h1,3,5-8,10-11,13-21H,2,4,9,12H2. The minimum absolute atomic E-state index is 0.295. The molecule has 2 aliphatic heterocycles. The van der Waals surface area contributed by atoms with Crippen LogP contribution in [0.2, 0.25) is 0 Å². The number of para-hydroxylation sites is 1. The fraction of sp³-hybridized carbons (Fsp3) is 0.114. The second kappa shape index (κ2) is 9.09. The van der Waals surface area contributed by atoms with Gasteiger partial charge in [0.1, 0.15) is 0 Å². The quantitative estimate of drug-likeness (QED) is 0.264. The molecule has 190 valence electrons. The summed E-state index contributed by atoms with van der Waals surface area (Å²) >= 11 is 0.623. The molecule has 4 aromatic carbocycles. The maximum atomic E-state index is 4.65. The number of rotatable bonds is 2. The number of hydrogen-bond donors (Lipinski definition) is 0. The van der Waals surface area contributed by atoms with Crippen LogP contribution in [0.4, 0.5) is 0 Å². The van der Waals surface area contributed by atoms with E-state index in [1.54, 1.807) is 19.9 Å². The summed E-state index contributed by atoms with van der Waals surface area (Å²) in [6, 6.07) is 36.9. The van der Waals surface area contributed by atoms with Crippen molar-refractivity contribution in [3.63, 3.8) is 0 Å². The zero-order valence-corrected chi connectivity index (χ0v) is 25.4. The molecule has 0 radical (unpaired) electrons. The molecule has 0 bridgehead atoms. The van der Waals surface area contributed by atoms with Gasteiger partial charge in [-0.05, 0) is 0 Å². The van der Waals surface area contributed by atoms with Crippen LogP contribution in [-0.2, 0) is 12.8 Å². The van der Waals surface area contributed by atoms with Crippen molar-refractivity contribution in [3.05, 3.63) is 115 Å². The normalized spacial score (nSPS) is 14.8. The average Bonchev–Trinajstić information content (AvgIpc) is 3.35. The fourth-order valence-corrected chi connectivity index (χ4v) is 12.3. The van der Waals surface area contributed by atoms with Gasteiger partial charge in [0, 0.05) is 0 Å². The van der Waals surface area contributed by atoms with Crippen molar-refractivity contribution in [2.45, 2.75) is 25.7 Å². The van der Waals surface area contributed by atoms with E-state index in [0.717, 1.165) is 5.69 Å². The van der Waals surface area contributed by atoms with E-state index in [2.05, 4.69) is 101 Å². The van der Waals surface area contributed by atoms with Gasteiger partial charge in [-0.2, -0.15) is 0 Å². The van der Waals surface area contributed by atoms with Crippen LogP contribution in [0.5, 0.6) is 0 Å². The van der Waals surface area contributed by atoms with Crippen molar-refractivity contribution in [1.82, 2.24) is 9.55 Å². The van der Waals surface area contributed by atoms with Crippen LogP contribution < -0.4 is 34.2 Å². The van der Waals surface area contributed by atoms with Gasteiger partial charge >= 0.3 is 248 Å². The summed E-state index contributed by atoms with van der Waals surface area (Å²) in [6.07, 6.45) is 6.85. The Hall–Kier alpha value is -3.33. The summed E-state index contributed by atoms with van der Waals surface area (Å²) in [5.74, 6) is 0. The van der Waals surface area contributed by atoms with Gasteiger partial charge in [-0.15, -0.1) is 0 Å². The van der Waals surface area contributed by atoms with E-state index in [4.69, 9.17) is 0 Å². The summed E-state index contributed by atoms with van der Waals surface area (Å²) in [4.78, 5) is 4.65. The summed E-state index contributed by atoms with van der Waals surface area (Å²) in [5.41, 5.74) is 12.7. The number of aromatic nitrogens is 2. The minimum atomic E-state index is 0.295. The van der Waals surface area contributed by atoms with E-state index in [-0.39, 0.29) is 0 Å². The van der Waals surface area contributed by atoms with Gasteiger partial charge in [0.15, 0.2) is 0 Å². The third-order valence-corrected chi connectivity index (χ3v) is 13.6. The Morgan fingerprint density at radius 2 is 1.52 bits per heavy atom. The second-order valence-corrected chi connectivity index (χ2v) is 15.5. The van der Waals surface area contributed by atoms with Crippen LogP contribution >= 0.6 is 0 Å². The second-order valence-electron chi connectivity index (χ2n) is 11.0. The molecule has 0 unspecified atom stereocenters.